The fourth-order valence-corrected chi connectivity index (χ4v) is 1.42. The zero-order chi connectivity index (χ0) is 13.6. The largest absolute Gasteiger partial charge is 0.416 e. The molecule has 0 heterocycles. The quantitative estimate of drug-likeness (QED) is 0.837. The number of allylic oxidation sites excluding steroid dienone is 3. The van der Waals surface area contributed by atoms with Crippen LogP contribution in [0.4, 0.5) is 13.2 Å². The molecule has 5 heteroatoms. The Morgan fingerprint density at radius 2 is 2.11 bits per heavy atom. The summed E-state index contributed by atoms with van der Waals surface area (Å²) >= 11 is 0. The summed E-state index contributed by atoms with van der Waals surface area (Å²) in [5.41, 5.74) is 5.37. The number of nitrogens with zero attached hydrogens (tertiary/aromatic N) is 1. The Balaban J connectivity index is 3.19. The zero-order valence-electron chi connectivity index (χ0n) is 9.41. The third kappa shape index (κ3) is 3.67. The summed E-state index contributed by atoms with van der Waals surface area (Å²) in [6.07, 6.45) is -0.0617. The predicted molar refractivity (Wildman–Crippen MR) is 63.0 cm³/mol. The molecule has 0 atom stereocenters. The lowest BCUT2D eigenvalue weighted by Crippen LogP contribution is -2.04. The molecule has 0 fully saturated rings. The molecule has 0 bridgehead atoms. The first-order chi connectivity index (χ1) is 8.49. The summed E-state index contributed by atoms with van der Waals surface area (Å²) < 4.78 is 37.7. The lowest BCUT2D eigenvalue weighted by molar-refractivity contribution is -0.137. The maximum absolute atomic E-state index is 12.6. The highest BCUT2D eigenvalue weighted by Gasteiger charge is 2.30. The highest BCUT2D eigenvalue weighted by atomic mass is 19.4. The van der Waals surface area contributed by atoms with Crippen molar-refractivity contribution >= 4 is 5.57 Å². The minimum Gasteiger partial charge on any atom is -0.405 e. The molecule has 0 aromatic heterocycles. The monoisotopic (exact) mass is 252 g/mol. The van der Waals surface area contributed by atoms with Gasteiger partial charge in [0.2, 0.25) is 0 Å². The Morgan fingerprint density at radius 3 is 2.67 bits per heavy atom. The van der Waals surface area contributed by atoms with Gasteiger partial charge in [0, 0.05) is 0 Å². The number of rotatable bonds is 3. The van der Waals surface area contributed by atoms with Gasteiger partial charge in [0.05, 0.1) is 18.1 Å². The molecule has 0 aliphatic heterocycles. The minimum atomic E-state index is -4.39. The minimum absolute atomic E-state index is 0.107. The van der Waals surface area contributed by atoms with Crippen molar-refractivity contribution in [2.45, 2.75) is 12.6 Å². The van der Waals surface area contributed by atoms with Crippen LogP contribution in [0.2, 0.25) is 0 Å². The van der Waals surface area contributed by atoms with Crippen molar-refractivity contribution < 1.29 is 13.2 Å². The van der Waals surface area contributed by atoms with Gasteiger partial charge in [-0.05, 0) is 35.5 Å². The van der Waals surface area contributed by atoms with Crippen LogP contribution in [0.3, 0.4) is 0 Å². The summed E-state index contributed by atoms with van der Waals surface area (Å²) in [6.45, 7) is 0. The summed E-state index contributed by atoms with van der Waals surface area (Å²) in [5, 5.41) is 8.48. The SMILES string of the molecule is N#CC/C=C(\C=C/N)c1cccc(C(F)(F)F)c1. The highest BCUT2D eigenvalue weighted by Crippen LogP contribution is 2.31. The number of hydrogen-bond donors (Lipinski definition) is 1. The lowest BCUT2D eigenvalue weighted by Gasteiger charge is -2.09. The molecule has 0 radical (unpaired) electrons. The Hall–Kier alpha value is -2.22. The van der Waals surface area contributed by atoms with Gasteiger partial charge in [-0.1, -0.05) is 18.2 Å². The van der Waals surface area contributed by atoms with E-state index < -0.39 is 11.7 Å². The van der Waals surface area contributed by atoms with Crippen LogP contribution < -0.4 is 5.73 Å². The van der Waals surface area contributed by atoms with Gasteiger partial charge in [-0.3, -0.25) is 0 Å². The van der Waals surface area contributed by atoms with E-state index in [0.29, 0.717) is 11.1 Å². The van der Waals surface area contributed by atoms with E-state index in [9.17, 15) is 13.2 Å². The normalized spacial score (nSPS) is 12.7. The van der Waals surface area contributed by atoms with E-state index in [1.54, 1.807) is 6.07 Å². The molecule has 94 valence electrons. The van der Waals surface area contributed by atoms with Crippen molar-refractivity contribution in [2.24, 2.45) is 5.73 Å². The van der Waals surface area contributed by atoms with Crippen molar-refractivity contribution in [3.63, 3.8) is 0 Å². The van der Waals surface area contributed by atoms with Gasteiger partial charge in [-0.25, -0.2) is 0 Å². The van der Waals surface area contributed by atoms with Gasteiger partial charge < -0.3 is 5.73 Å². The number of nitrogens with two attached hydrogens (primary N) is 1. The molecule has 0 aliphatic carbocycles. The van der Waals surface area contributed by atoms with Gasteiger partial charge in [-0.15, -0.1) is 0 Å². The Morgan fingerprint density at radius 1 is 1.39 bits per heavy atom. The number of nitriles is 1. The van der Waals surface area contributed by atoms with Gasteiger partial charge in [0.1, 0.15) is 0 Å². The van der Waals surface area contributed by atoms with Crippen LogP contribution in [0.25, 0.3) is 5.57 Å². The maximum atomic E-state index is 12.6. The van der Waals surface area contributed by atoms with Crippen molar-refractivity contribution in [1.29, 1.82) is 5.26 Å². The molecule has 0 unspecified atom stereocenters. The van der Waals surface area contributed by atoms with Crippen molar-refractivity contribution in [1.82, 2.24) is 0 Å². The Labute approximate surface area is 103 Å². The van der Waals surface area contributed by atoms with E-state index in [1.165, 1.54) is 24.4 Å². The molecular weight excluding hydrogens is 241 g/mol. The van der Waals surface area contributed by atoms with Crippen LogP contribution in [0.15, 0.2) is 42.6 Å². The second kappa shape index (κ2) is 5.92. The number of halogens is 3. The smallest absolute Gasteiger partial charge is 0.405 e. The van der Waals surface area contributed by atoms with Crippen molar-refractivity contribution in [3.05, 3.63) is 53.7 Å². The van der Waals surface area contributed by atoms with E-state index in [-0.39, 0.29) is 6.42 Å². The first-order valence-electron chi connectivity index (χ1n) is 5.12. The zero-order valence-corrected chi connectivity index (χ0v) is 9.41. The van der Waals surface area contributed by atoms with E-state index in [0.717, 1.165) is 12.1 Å². The first-order valence-corrected chi connectivity index (χ1v) is 5.12. The summed E-state index contributed by atoms with van der Waals surface area (Å²) in [7, 11) is 0. The van der Waals surface area contributed by atoms with E-state index in [4.69, 9.17) is 11.0 Å². The predicted octanol–water partition coefficient (Wildman–Crippen LogP) is 3.47. The fraction of sp³-hybridized carbons (Fsp3) is 0.154. The van der Waals surface area contributed by atoms with Crippen LogP contribution >= 0.6 is 0 Å². The van der Waals surface area contributed by atoms with Crippen molar-refractivity contribution in [3.8, 4) is 6.07 Å². The average Bonchev–Trinajstić information content (AvgIpc) is 2.33. The topological polar surface area (TPSA) is 49.8 Å². The molecular formula is C13H11F3N2. The second-order valence-corrected chi connectivity index (χ2v) is 3.46. The lowest BCUT2D eigenvalue weighted by atomic mass is 10.0. The molecule has 0 saturated heterocycles. The molecule has 2 nitrogen and oxygen atoms in total. The van der Waals surface area contributed by atoms with Crippen molar-refractivity contribution in [2.75, 3.05) is 0 Å². The van der Waals surface area contributed by atoms with E-state index >= 15 is 0 Å². The molecule has 0 aliphatic rings. The van der Waals surface area contributed by atoms with Gasteiger partial charge in [0.25, 0.3) is 0 Å². The number of benzene rings is 1. The van der Waals surface area contributed by atoms with E-state index in [2.05, 4.69) is 0 Å². The standard InChI is InChI=1S/C13H11F3N2/c14-13(15,16)12-5-1-3-11(9-12)10(6-8-18)4-2-7-17/h1,3-6,8-9H,2,18H2/b8-6-,10-4+. The second-order valence-electron chi connectivity index (χ2n) is 3.46. The third-order valence-corrected chi connectivity index (χ3v) is 2.21. The van der Waals surface area contributed by atoms with Crippen LogP contribution in [-0.2, 0) is 6.18 Å². The first kappa shape index (κ1) is 13.8. The average molecular weight is 252 g/mol. The van der Waals surface area contributed by atoms with Gasteiger partial charge >= 0.3 is 6.18 Å². The van der Waals surface area contributed by atoms with Crippen LogP contribution in [-0.4, -0.2) is 0 Å². The summed E-state index contributed by atoms with van der Waals surface area (Å²) in [6, 6.07) is 6.79. The van der Waals surface area contributed by atoms with Gasteiger partial charge in [-0.2, -0.15) is 18.4 Å². The molecule has 0 spiro atoms. The molecule has 0 saturated carbocycles. The van der Waals surface area contributed by atoms with Crippen LogP contribution in [0.1, 0.15) is 17.5 Å². The Kier molecular flexibility index (Phi) is 4.55. The number of hydrogen-bond acceptors (Lipinski definition) is 2. The molecule has 1 rings (SSSR count). The summed E-state index contributed by atoms with van der Waals surface area (Å²) in [5.74, 6) is 0. The third-order valence-electron chi connectivity index (χ3n) is 2.21. The molecule has 1 aromatic rings. The van der Waals surface area contributed by atoms with Crippen LogP contribution in [0.5, 0.6) is 0 Å². The number of alkyl halides is 3. The molecule has 18 heavy (non-hydrogen) atoms. The Bertz CT molecular complexity index is 508. The van der Waals surface area contributed by atoms with Gasteiger partial charge in [0.15, 0.2) is 0 Å². The maximum Gasteiger partial charge on any atom is 0.416 e. The van der Waals surface area contributed by atoms with Crippen LogP contribution in [0, 0.1) is 11.3 Å². The molecule has 2 N–H and O–H groups in total. The molecule has 0 amide bonds. The van der Waals surface area contributed by atoms with E-state index in [1.807, 2.05) is 6.07 Å². The highest BCUT2D eigenvalue weighted by molar-refractivity contribution is 5.74. The fourth-order valence-electron chi connectivity index (χ4n) is 1.42. The summed E-state index contributed by atoms with van der Waals surface area (Å²) in [4.78, 5) is 0. The molecule has 1 aromatic carbocycles.